The Kier molecular flexibility index (Phi) is 4.60. The van der Waals surface area contributed by atoms with E-state index in [1.54, 1.807) is 13.1 Å². The average molecular weight is 243 g/mol. The van der Waals surface area contributed by atoms with Gasteiger partial charge in [-0.15, -0.1) is 0 Å². The summed E-state index contributed by atoms with van der Waals surface area (Å²) in [4.78, 5) is 0. The Morgan fingerprint density at radius 2 is 1.88 bits per heavy atom. The molecule has 17 heavy (non-hydrogen) atoms. The Balaban J connectivity index is 2.76. The highest BCUT2D eigenvalue weighted by Gasteiger charge is 2.16. The Morgan fingerprint density at radius 1 is 1.24 bits per heavy atom. The molecule has 4 heteroatoms. The zero-order valence-electron chi connectivity index (χ0n) is 10.7. The van der Waals surface area contributed by atoms with Crippen LogP contribution in [0.3, 0.4) is 0 Å². The molecule has 1 N–H and O–H groups in total. The fraction of sp³-hybridized carbons (Fsp3) is 0.538. The molecule has 0 radical (unpaired) electrons. The molecule has 0 saturated carbocycles. The van der Waals surface area contributed by atoms with E-state index in [2.05, 4.69) is 5.32 Å². The second-order valence-electron chi connectivity index (χ2n) is 4.94. The lowest BCUT2D eigenvalue weighted by molar-refractivity contribution is -0.0139. The molecule has 0 amide bonds. The van der Waals surface area contributed by atoms with Crippen LogP contribution in [-0.2, 0) is 4.74 Å². The normalized spacial score (nSPS) is 13.8. The minimum atomic E-state index is -0.835. The highest BCUT2D eigenvalue weighted by Crippen LogP contribution is 2.18. The fourth-order valence-electron chi connectivity index (χ4n) is 1.41. The van der Waals surface area contributed by atoms with Gasteiger partial charge < -0.3 is 10.1 Å². The van der Waals surface area contributed by atoms with Crippen LogP contribution in [0.4, 0.5) is 8.78 Å². The highest BCUT2D eigenvalue weighted by atomic mass is 19.2. The van der Waals surface area contributed by atoms with E-state index >= 15 is 0 Å². The van der Waals surface area contributed by atoms with Crippen LogP contribution in [0.25, 0.3) is 0 Å². The molecule has 0 aliphatic rings. The van der Waals surface area contributed by atoms with Crippen molar-refractivity contribution in [3.05, 3.63) is 35.4 Å². The number of nitrogens with one attached hydrogen (secondary N) is 1. The van der Waals surface area contributed by atoms with Crippen LogP contribution < -0.4 is 5.32 Å². The van der Waals surface area contributed by atoms with E-state index in [0.717, 1.165) is 6.07 Å². The topological polar surface area (TPSA) is 21.3 Å². The number of hydrogen-bond donors (Lipinski definition) is 1. The molecule has 0 saturated heterocycles. The van der Waals surface area contributed by atoms with Gasteiger partial charge in [0.2, 0.25) is 0 Å². The largest absolute Gasteiger partial charge is 0.374 e. The molecular weight excluding hydrogens is 224 g/mol. The Labute approximate surface area is 101 Å². The molecule has 0 aliphatic heterocycles. The van der Waals surface area contributed by atoms with Crippen molar-refractivity contribution in [1.82, 2.24) is 5.32 Å². The van der Waals surface area contributed by atoms with Gasteiger partial charge in [0.25, 0.3) is 0 Å². The first-order chi connectivity index (χ1) is 7.83. The minimum absolute atomic E-state index is 0.149. The van der Waals surface area contributed by atoms with Crippen LogP contribution in [0.1, 0.15) is 32.4 Å². The first-order valence-electron chi connectivity index (χ1n) is 5.59. The maximum absolute atomic E-state index is 13.1. The SMILES string of the molecule is CNC(COC(C)(C)C)c1ccc(F)c(F)c1. The summed E-state index contributed by atoms with van der Waals surface area (Å²) in [6.45, 7) is 6.26. The van der Waals surface area contributed by atoms with Gasteiger partial charge >= 0.3 is 0 Å². The smallest absolute Gasteiger partial charge is 0.159 e. The zero-order valence-corrected chi connectivity index (χ0v) is 10.7. The van der Waals surface area contributed by atoms with Crippen LogP contribution in [0, 0.1) is 11.6 Å². The summed E-state index contributed by atoms with van der Waals surface area (Å²) in [7, 11) is 1.76. The molecule has 0 bridgehead atoms. The summed E-state index contributed by atoms with van der Waals surface area (Å²) in [5.74, 6) is -1.67. The van der Waals surface area contributed by atoms with Crippen molar-refractivity contribution in [2.24, 2.45) is 0 Å². The average Bonchev–Trinajstić information content (AvgIpc) is 2.22. The molecule has 1 aromatic carbocycles. The van der Waals surface area contributed by atoms with Crippen LogP contribution in [0.2, 0.25) is 0 Å². The summed E-state index contributed by atoms with van der Waals surface area (Å²) < 4.78 is 31.5. The van der Waals surface area contributed by atoms with Crippen molar-refractivity contribution in [2.75, 3.05) is 13.7 Å². The Morgan fingerprint density at radius 3 is 2.35 bits per heavy atom. The van der Waals surface area contributed by atoms with E-state index in [-0.39, 0.29) is 11.6 Å². The lowest BCUT2D eigenvalue weighted by Gasteiger charge is -2.24. The second kappa shape index (κ2) is 5.56. The van der Waals surface area contributed by atoms with Gasteiger partial charge in [-0.25, -0.2) is 8.78 Å². The molecule has 0 spiro atoms. The molecule has 0 heterocycles. The van der Waals surface area contributed by atoms with Crippen molar-refractivity contribution in [3.8, 4) is 0 Å². The van der Waals surface area contributed by atoms with Crippen LogP contribution >= 0.6 is 0 Å². The predicted molar refractivity (Wildman–Crippen MR) is 63.9 cm³/mol. The predicted octanol–water partition coefficient (Wildman–Crippen LogP) is 3.04. The third kappa shape index (κ3) is 4.40. The van der Waals surface area contributed by atoms with Crippen LogP contribution in [0.5, 0.6) is 0 Å². The number of benzene rings is 1. The van der Waals surface area contributed by atoms with E-state index < -0.39 is 11.6 Å². The van der Waals surface area contributed by atoms with Gasteiger partial charge in [-0.3, -0.25) is 0 Å². The molecule has 1 atom stereocenters. The molecule has 2 nitrogen and oxygen atoms in total. The lowest BCUT2D eigenvalue weighted by atomic mass is 10.1. The van der Waals surface area contributed by atoms with E-state index in [0.29, 0.717) is 12.2 Å². The zero-order chi connectivity index (χ0) is 13.1. The quantitative estimate of drug-likeness (QED) is 0.877. The van der Waals surface area contributed by atoms with Gasteiger partial charge in [0.1, 0.15) is 0 Å². The first-order valence-corrected chi connectivity index (χ1v) is 5.59. The monoisotopic (exact) mass is 243 g/mol. The highest BCUT2D eigenvalue weighted by molar-refractivity contribution is 5.21. The number of ether oxygens (including phenoxy) is 1. The lowest BCUT2D eigenvalue weighted by Crippen LogP contribution is -2.28. The molecule has 0 aliphatic carbocycles. The number of halogens is 2. The van der Waals surface area contributed by atoms with Crippen molar-refractivity contribution < 1.29 is 13.5 Å². The fourth-order valence-corrected chi connectivity index (χ4v) is 1.41. The van der Waals surface area contributed by atoms with Crippen molar-refractivity contribution >= 4 is 0 Å². The van der Waals surface area contributed by atoms with Crippen LogP contribution in [0.15, 0.2) is 18.2 Å². The summed E-state index contributed by atoms with van der Waals surface area (Å²) in [5, 5.41) is 3.02. The Bertz CT molecular complexity index is 374. The second-order valence-corrected chi connectivity index (χ2v) is 4.94. The van der Waals surface area contributed by atoms with E-state index in [9.17, 15) is 8.78 Å². The minimum Gasteiger partial charge on any atom is -0.374 e. The standard InChI is InChI=1S/C13H19F2NO/c1-13(2,3)17-8-12(16-4)9-5-6-10(14)11(15)7-9/h5-7,12,16H,8H2,1-4H3. The van der Waals surface area contributed by atoms with Gasteiger partial charge in [-0.05, 0) is 45.5 Å². The van der Waals surface area contributed by atoms with E-state index in [1.165, 1.54) is 6.07 Å². The number of likely N-dealkylation sites (N-methyl/N-ethyl adjacent to an activating group) is 1. The van der Waals surface area contributed by atoms with Crippen LogP contribution in [-0.4, -0.2) is 19.3 Å². The summed E-state index contributed by atoms with van der Waals surface area (Å²) in [6, 6.07) is 3.74. The maximum Gasteiger partial charge on any atom is 0.159 e. The number of rotatable bonds is 4. The van der Waals surface area contributed by atoms with Crippen molar-refractivity contribution in [1.29, 1.82) is 0 Å². The molecule has 0 aromatic heterocycles. The van der Waals surface area contributed by atoms with Gasteiger partial charge in [0.05, 0.1) is 18.2 Å². The molecule has 0 fully saturated rings. The molecule has 1 rings (SSSR count). The van der Waals surface area contributed by atoms with Crippen molar-refractivity contribution in [3.63, 3.8) is 0 Å². The Hall–Kier alpha value is -1.00. The maximum atomic E-state index is 13.1. The van der Waals surface area contributed by atoms with Gasteiger partial charge in [-0.2, -0.15) is 0 Å². The van der Waals surface area contributed by atoms with E-state index in [1.807, 2.05) is 20.8 Å². The third-order valence-corrected chi connectivity index (χ3v) is 2.38. The number of hydrogen-bond acceptors (Lipinski definition) is 2. The van der Waals surface area contributed by atoms with Crippen molar-refractivity contribution in [2.45, 2.75) is 32.4 Å². The molecule has 1 unspecified atom stereocenters. The van der Waals surface area contributed by atoms with E-state index in [4.69, 9.17) is 4.74 Å². The summed E-state index contributed by atoms with van der Waals surface area (Å²) in [5.41, 5.74) is 0.420. The van der Waals surface area contributed by atoms with Gasteiger partial charge in [0.15, 0.2) is 11.6 Å². The summed E-state index contributed by atoms with van der Waals surface area (Å²) in [6.07, 6.45) is 0. The van der Waals surface area contributed by atoms with Gasteiger partial charge in [-0.1, -0.05) is 6.07 Å². The molecular formula is C13H19F2NO. The molecule has 1 aromatic rings. The first kappa shape index (κ1) is 14.1. The molecule has 96 valence electrons. The summed E-state index contributed by atoms with van der Waals surface area (Å²) >= 11 is 0. The van der Waals surface area contributed by atoms with Gasteiger partial charge in [0, 0.05) is 0 Å². The third-order valence-electron chi connectivity index (χ3n) is 2.38.